The van der Waals surface area contributed by atoms with Gasteiger partial charge in [0.15, 0.2) is 21.3 Å². The second-order valence-electron chi connectivity index (χ2n) is 7.87. The van der Waals surface area contributed by atoms with Crippen LogP contribution in [0.4, 0.5) is 10.2 Å². The molecule has 2 heterocycles. The summed E-state index contributed by atoms with van der Waals surface area (Å²) in [6, 6.07) is 6.84. The van der Waals surface area contributed by atoms with E-state index in [1.807, 2.05) is 11.9 Å². The maximum Gasteiger partial charge on any atom is 0.274 e. The summed E-state index contributed by atoms with van der Waals surface area (Å²) >= 11 is 0. The number of carbonyl (C=O) groups excluding carboxylic acids is 1. The zero-order chi connectivity index (χ0) is 24.2. The number of anilines is 1. The van der Waals surface area contributed by atoms with Crippen LogP contribution in [0.3, 0.4) is 0 Å². The molecule has 0 bridgehead atoms. The van der Waals surface area contributed by atoms with E-state index in [0.717, 1.165) is 37.7 Å². The van der Waals surface area contributed by atoms with Gasteiger partial charge in [0.2, 0.25) is 0 Å². The minimum atomic E-state index is -3.71. The van der Waals surface area contributed by atoms with E-state index in [2.05, 4.69) is 22.2 Å². The van der Waals surface area contributed by atoms with E-state index in [1.54, 1.807) is 12.1 Å². The average molecular weight is 475 g/mol. The van der Waals surface area contributed by atoms with Gasteiger partial charge in [-0.2, -0.15) is 0 Å². The molecule has 0 fully saturated rings. The third-order valence-electron chi connectivity index (χ3n) is 5.26. The van der Waals surface area contributed by atoms with Gasteiger partial charge in [-0.3, -0.25) is 9.78 Å². The van der Waals surface area contributed by atoms with Gasteiger partial charge in [-0.1, -0.05) is 25.8 Å². The number of aromatic hydroxyl groups is 1. The molecule has 0 aliphatic carbocycles. The first-order valence-corrected chi connectivity index (χ1v) is 12.5. The monoisotopic (exact) mass is 474 g/mol. The van der Waals surface area contributed by atoms with Crippen LogP contribution < -0.4 is 10.2 Å². The van der Waals surface area contributed by atoms with Gasteiger partial charge in [-0.05, 0) is 36.2 Å². The molecule has 1 aromatic carbocycles. The van der Waals surface area contributed by atoms with Gasteiger partial charge in [-0.25, -0.2) is 17.8 Å². The van der Waals surface area contributed by atoms with E-state index in [-0.39, 0.29) is 34.0 Å². The molecule has 0 aliphatic rings. The maximum absolute atomic E-state index is 13.6. The van der Waals surface area contributed by atoms with Crippen molar-refractivity contribution in [2.45, 2.75) is 37.6 Å². The van der Waals surface area contributed by atoms with Gasteiger partial charge in [-0.15, -0.1) is 0 Å². The van der Waals surface area contributed by atoms with Crippen LogP contribution in [0, 0.1) is 5.82 Å². The molecule has 2 N–H and O–H groups in total. The lowest BCUT2D eigenvalue weighted by atomic mass is 10.1. The third-order valence-corrected chi connectivity index (χ3v) is 6.44. The third kappa shape index (κ3) is 5.57. The molecule has 1 amide bonds. The lowest BCUT2D eigenvalue weighted by molar-refractivity contribution is 0.0943. The van der Waals surface area contributed by atoms with E-state index in [1.165, 1.54) is 12.3 Å². The molecule has 8 nitrogen and oxygen atoms in total. The highest BCUT2D eigenvalue weighted by Crippen LogP contribution is 2.32. The molecule has 0 aliphatic heterocycles. The average Bonchev–Trinajstić information content (AvgIpc) is 2.78. The number of nitrogens with one attached hydrogen (secondary N) is 1. The molecule has 0 radical (unpaired) electrons. The van der Waals surface area contributed by atoms with E-state index >= 15 is 0 Å². The van der Waals surface area contributed by atoms with E-state index < -0.39 is 21.6 Å². The number of carbonyl (C=O) groups is 1. The van der Waals surface area contributed by atoms with Gasteiger partial charge >= 0.3 is 0 Å². The normalized spacial score (nSPS) is 11.5. The first-order chi connectivity index (χ1) is 15.6. The predicted molar refractivity (Wildman–Crippen MR) is 125 cm³/mol. The van der Waals surface area contributed by atoms with Crippen LogP contribution in [-0.4, -0.2) is 49.2 Å². The van der Waals surface area contributed by atoms with Crippen molar-refractivity contribution >= 4 is 32.5 Å². The van der Waals surface area contributed by atoms with Crippen molar-refractivity contribution in [2.24, 2.45) is 0 Å². The minimum Gasteiger partial charge on any atom is -0.504 e. The molecule has 0 saturated carbocycles. The van der Waals surface area contributed by atoms with Crippen LogP contribution in [-0.2, 0) is 16.4 Å². The lowest BCUT2D eigenvalue weighted by Gasteiger charge is -2.21. The Kier molecular flexibility index (Phi) is 7.47. The Morgan fingerprint density at radius 2 is 2.00 bits per heavy atom. The molecular formula is C23H27FN4O4S. The summed E-state index contributed by atoms with van der Waals surface area (Å²) in [6.45, 7) is 2.63. The molecule has 0 atom stereocenters. The molecule has 0 saturated heterocycles. The van der Waals surface area contributed by atoms with Crippen LogP contribution in [0.5, 0.6) is 5.75 Å². The molecular weight excluding hydrogens is 447 g/mol. The molecule has 10 heteroatoms. The topological polar surface area (TPSA) is 112 Å². The van der Waals surface area contributed by atoms with Gasteiger partial charge in [0.1, 0.15) is 17.2 Å². The smallest absolute Gasteiger partial charge is 0.274 e. The van der Waals surface area contributed by atoms with Gasteiger partial charge in [0.05, 0.1) is 4.90 Å². The summed E-state index contributed by atoms with van der Waals surface area (Å²) in [7, 11) is -1.85. The number of amides is 1. The summed E-state index contributed by atoms with van der Waals surface area (Å²) in [5.74, 6) is -1.25. The summed E-state index contributed by atoms with van der Waals surface area (Å²) in [5.41, 5.74) is 0.248. The fourth-order valence-electron chi connectivity index (χ4n) is 3.54. The molecule has 176 valence electrons. The van der Waals surface area contributed by atoms with Crippen molar-refractivity contribution in [3.05, 3.63) is 53.6 Å². The number of sulfone groups is 1. The van der Waals surface area contributed by atoms with Crippen LogP contribution >= 0.6 is 0 Å². The predicted octanol–water partition coefficient (Wildman–Crippen LogP) is 3.43. The highest BCUT2D eigenvalue weighted by Gasteiger charge is 2.22. The van der Waals surface area contributed by atoms with E-state index in [0.29, 0.717) is 17.7 Å². The van der Waals surface area contributed by atoms with Crippen molar-refractivity contribution in [1.29, 1.82) is 0 Å². The first kappa shape index (κ1) is 24.4. The second-order valence-corrected chi connectivity index (χ2v) is 9.85. The molecule has 33 heavy (non-hydrogen) atoms. The number of hydrogen-bond donors (Lipinski definition) is 2. The second kappa shape index (κ2) is 10.1. The number of rotatable bonds is 9. The number of unbranched alkanes of at least 4 members (excludes halogenated alkanes) is 2. The van der Waals surface area contributed by atoms with Crippen molar-refractivity contribution in [1.82, 2.24) is 15.3 Å². The van der Waals surface area contributed by atoms with Crippen molar-refractivity contribution in [3.63, 3.8) is 0 Å². The number of halogens is 1. The Labute approximate surface area is 192 Å². The quantitative estimate of drug-likeness (QED) is 0.457. The van der Waals surface area contributed by atoms with E-state index in [9.17, 15) is 22.7 Å². The van der Waals surface area contributed by atoms with Gasteiger partial charge in [0.25, 0.3) is 5.91 Å². The summed E-state index contributed by atoms with van der Waals surface area (Å²) in [5, 5.41) is 13.9. The van der Waals surface area contributed by atoms with Crippen LogP contribution in [0.1, 0.15) is 42.2 Å². The summed E-state index contributed by atoms with van der Waals surface area (Å²) in [4.78, 5) is 23.3. The summed E-state index contributed by atoms with van der Waals surface area (Å²) in [6.07, 6.45) is 5.53. The Bertz CT molecular complexity index is 1280. The molecule has 2 aromatic heterocycles. The molecule has 3 aromatic rings. The largest absolute Gasteiger partial charge is 0.504 e. The number of aromatic nitrogens is 2. The number of fused-ring (bicyclic) bond motifs is 1. The highest BCUT2D eigenvalue weighted by atomic mass is 32.2. The van der Waals surface area contributed by atoms with Gasteiger partial charge in [0, 0.05) is 38.0 Å². The van der Waals surface area contributed by atoms with Gasteiger partial charge < -0.3 is 15.3 Å². The Balaban J connectivity index is 1.94. The van der Waals surface area contributed by atoms with Crippen LogP contribution in [0.2, 0.25) is 0 Å². The lowest BCUT2D eigenvalue weighted by Crippen LogP contribution is -2.27. The number of hydrogen-bond acceptors (Lipinski definition) is 7. The van der Waals surface area contributed by atoms with Crippen molar-refractivity contribution in [3.8, 4) is 5.75 Å². The Hall–Kier alpha value is -3.27. The minimum absolute atomic E-state index is 0.190. The highest BCUT2D eigenvalue weighted by molar-refractivity contribution is 7.90. The Morgan fingerprint density at radius 1 is 1.24 bits per heavy atom. The summed E-state index contributed by atoms with van der Waals surface area (Å²) < 4.78 is 37.6. The van der Waals surface area contributed by atoms with Crippen molar-refractivity contribution in [2.75, 3.05) is 24.7 Å². The van der Waals surface area contributed by atoms with Crippen molar-refractivity contribution < 1.29 is 22.7 Å². The fourth-order valence-corrected chi connectivity index (χ4v) is 4.48. The standard InChI is InChI=1S/C23H27FN4O4S/c1-4-5-6-12-28(2)22-17-8-7-11-25-19(17)21(29)20(27-22)23(30)26-14-15-9-10-16(24)13-18(15)33(3,31)32/h7-11,13,29H,4-6,12,14H2,1-3H3,(H,26,30). The van der Waals surface area contributed by atoms with Crippen LogP contribution in [0.15, 0.2) is 41.4 Å². The Morgan fingerprint density at radius 3 is 2.70 bits per heavy atom. The number of pyridine rings is 2. The fraction of sp³-hybridized carbons (Fsp3) is 0.348. The number of nitrogens with zero attached hydrogens (tertiary/aromatic N) is 3. The van der Waals surface area contributed by atoms with Crippen LogP contribution in [0.25, 0.3) is 10.9 Å². The zero-order valence-electron chi connectivity index (χ0n) is 18.8. The SMILES string of the molecule is CCCCCN(C)c1nc(C(=O)NCc2ccc(F)cc2S(C)(=O)=O)c(O)c2ncccc12. The molecule has 0 spiro atoms. The molecule has 0 unspecified atom stereocenters. The zero-order valence-corrected chi connectivity index (χ0v) is 19.6. The number of benzene rings is 1. The molecule has 3 rings (SSSR count). The van der Waals surface area contributed by atoms with E-state index in [4.69, 9.17) is 0 Å². The first-order valence-electron chi connectivity index (χ1n) is 10.6. The maximum atomic E-state index is 13.6.